The second-order valence-corrected chi connectivity index (χ2v) is 19.7. The normalized spacial score (nSPS) is 22.6. The van der Waals surface area contributed by atoms with Crippen LogP contribution in [0.15, 0.2) is 57.8 Å². The predicted octanol–water partition coefficient (Wildman–Crippen LogP) is 8.93. The molecule has 3 aromatic carbocycles. The van der Waals surface area contributed by atoms with Crippen LogP contribution in [0.3, 0.4) is 0 Å². The number of hydrogen-bond donors (Lipinski definition) is 0. The van der Waals surface area contributed by atoms with Crippen molar-refractivity contribution >= 4 is 50.0 Å². The van der Waals surface area contributed by atoms with Gasteiger partial charge in [-0.25, -0.2) is 18.1 Å². The molecule has 0 bridgehead atoms. The van der Waals surface area contributed by atoms with Gasteiger partial charge in [0.25, 0.3) is 5.56 Å². The van der Waals surface area contributed by atoms with Crippen molar-refractivity contribution < 1.29 is 22.8 Å². The highest BCUT2D eigenvalue weighted by Gasteiger charge is 2.47. The first-order valence-corrected chi connectivity index (χ1v) is 23.4. The lowest BCUT2D eigenvalue weighted by atomic mass is 9.69. The lowest BCUT2D eigenvalue weighted by Gasteiger charge is -2.42. The second kappa shape index (κ2) is 16.2. The third kappa shape index (κ3) is 7.43. The van der Waals surface area contributed by atoms with E-state index in [1.54, 1.807) is 4.90 Å². The van der Waals surface area contributed by atoms with Crippen LogP contribution >= 0.6 is 15.9 Å². The average Bonchev–Trinajstić information content (AvgIpc) is 3.50. The van der Waals surface area contributed by atoms with Gasteiger partial charge in [-0.2, -0.15) is 4.98 Å². The number of aromatic nitrogens is 2. The Balaban J connectivity index is 0.726. The number of alkyl halides is 1. The van der Waals surface area contributed by atoms with Gasteiger partial charge in [-0.05, 0) is 140 Å². The summed E-state index contributed by atoms with van der Waals surface area (Å²) in [7, 11) is 0. The molecule has 1 saturated carbocycles. The number of carbonyl (C=O) groups excluding carboxylic acids is 2. The van der Waals surface area contributed by atoms with Crippen molar-refractivity contribution in [3.63, 3.8) is 0 Å². The molecule has 4 saturated heterocycles. The second-order valence-electron chi connectivity index (χ2n) is 18.8. The highest BCUT2D eigenvalue weighted by atomic mass is 79.9. The standard InChI is InChI=1S/C48H54BrF3N6O3/c49-36-6-4-7-39-43(36)45(61)53-46-48(16-2-1-3-17-48)35-11-10-33(26-40(35)57(39)46)32-14-22-54(23-15-32)29-31-12-20-55(21-13-31)30-47(52)18-24-56(25-19-47)34-27-37(50)44(38(51)28-34)58-41(59)8-5-9-42(58)60/h4,6-7,10-11,26-28,31-32H,1-3,5,8-9,12-25,29-30H2. The van der Waals surface area contributed by atoms with Crippen LogP contribution in [0.25, 0.3) is 16.6 Å². The summed E-state index contributed by atoms with van der Waals surface area (Å²) in [5.74, 6) is -1.13. The molecule has 5 aliphatic heterocycles. The van der Waals surface area contributed by atoms with Crippen LogP contribution in [-0.2, 0) is 15.0 Å². The van der Waals surface area contributed by atoms with Crippen LogP contribution in [0, 0.1) is 17.6 Å². The molecular formula is C48H54BrF3N6O3. The molecular weight excluding hydrogens is 845 g/mol. The maximum atomic E-state index is 16.3. The maximum absolute atomic E-state index is 16.3. The summed E-state index contributed by atoms with van der Waals surface area (Å²) in [6.45, 7) is 5.94. The molecule has 61 heavy (non-hydrogen) atoms. The molecule has 5 fully saturated rings. The van der Waals surface area contributed by atoms with Crippen LogP contribution in [0.4, 0.5) is 24.5 Å². The molecule has 9 nitrogen and oxygen atoms in total. The van der Waals surface area contributed by atoms with Gasteiger partial charge in [-0.15, -0.1) is 0 Å². The number of anilines is 2. The first kappa shape index (κ1) is 41.0. The van der Waals surface area contributed by atoms with Gasteiger partial charge in [0, 0.05) is 62.0 Å². The van der Waals surface area contributed by atoms with Crippen LogP contribution in [-0.4, -0.2) is 89.2 Å². The predicted molar refractivity (Wildman–Crippen MR) is 234 cm³/mol. The minimum Gasteiger partial charge on any atom is -0.371 e. The van der Waals surface area contributed by atoms with Gasteiger partial charge in [0.2, 0.25) is 11.8 Å². The molecule has 2 amide bonds. The monoisotopic (exact) mass is 898 g/mol. The molecule has 1 aromatic heterocycles. The first-order chi connectivity index (χ1) is 29.5. The molecule has 0 atom stereocenters. The first-order valence-electron chi connectivity index (χ1n) is 22.6. The van der Waals surface area contributed by atoms with Crippen LogP contribution in [0.1, 0.15) is 113 Å². The van der Waals surface area contributed by atoms with Crippen molar-refractivity contribution in [3.05, 3.63) is 91.9 Å². The van der Waals surface area contributed by atoms with E-state index >= 15 is 13.2 Å². The van der Waals surface area contributed by atoms with Crippen LogP contribution < -0.4 is 15.4 Å². The summed E-state index contributed by atoms with van der Waals surface area (Å²) >= 11 is 3.64. The molecule has 4 aromatic rings. The number of carbonyl (C=O) groups is 2. The number of halogens is 4. The molecule has 1 aliphatic carbocycles. The lowest BCUT2D eigenvalue weighted by Crippen LogP contribution is -2.50. The number of rotatable bonds is 7. The highest BCUT2D eigenvalue weighted by Crippen LogP contribution is 2.52. The number of nitrogens with zero attached hydrogens (tertiary/aromatic N) is 6. The van der Waals surface area contributed by atoms with Gasteiger partial charge in [0.1, 0.15) is 17.2 Å². The smallest absolute Gasteiger partial charge is 0.281 e. The van der Waals surface area contributed by atoms with E-state index in [2.05, 4.69) is 54.6 Å². The summed E-state index contributed by atoms with van der Waals surface area (Å²) in [5.41, 5.74) is 2.78. The van der Waals surface area contributed by atoms with Crippen molar-refractivity contribution in [1.29, 1.82) is 0 Å². The zero-order chi connectivity index (χ0) is 42.0. The van der Waals surface area contributed by atoms with Gasteiger partial charge >= 0.3 is 0 Å². The lowest BCUT2D eigenvalue weighted by molar-refractivity contribution is -0.129. The Labute approximate surface area is 363 Å². The van der Waals surface area contributed by atoms with E-state index in [4.69, 9.17) is 4.98 Å². The number of imide groups is 1. The average molecular weight is 900 g/mol. The highest BCUT2D eigenvalue weighted by molar-refractivity contribution is 9.10. The van der Waals surface area contributed by atoms with E-state index in [0.717, 1.165) is 112 Å². The van der Waals surface area contributed by atoms with Crippen molar-refractivity contribution in [2.24, 2.45) is 5.92 Å². The summed E-state index contributed by atoms with van der Waals surface area (Å²) in [6, 6.07) is 15.5. The Morgan fingerprint density at radius 1 is 0.754 bits per heavy atom. The van der Waals surface area contributed by atoms with E-state index in [-0.39, 0.29) is 36.7 Å². The number of likely N-dealkylation sites (tertiary alicyclic amines) is 2. The Bertz CT molecular complexity index is 2390. The zero-order valence-electron chi connectivity index (χ0n) is 34.7. The number of hydrogen-bond acceptors (Lipinski definition) is 7. The van der Waals surface area contributed by atoms with E-state index in [9.17, 15) is 14.4 Å². The largest absolute Gasteiger partial charge is 0.371 e. The molecule has 6 aliphatic rings. The summed E-state index contributed by atoms with van der Waals surface area (Å²) in [4.78, 5) is 50.2. The number of fused-ring (bicyclic) bond motifs is 7. The van der Waals surface area contributed by atoms with Crippen LogP contribution in [0.2, 0.25) is 0 Å². The molecule has 13 heteroatoms. The van der Waals surface area contributed by atoms with Gasteiger partial charge in [0.15, 0.2) is 11.6 Å². The van der Waals surface area contributed by atoms with Gasteiger partial charge in [0.05, 0.1) is 22.0 Å². The van der Waals surface area contributed by atoms with Crippen LogP contribution in [0.5, 0.6) is 0 Å². The molecule has 322 valence electrons. The Morgan fingerprint density at radius 2 is 1.43 bits per heavy atom. The van der Waals surface area contributed by atoms with Gasteiger partial charge in [-0.3, -0.25) is 19.0 Å². The third-order valence-electron chi connectivity index (χ3n) is 15.1. The molecule has 1 spiro atoms. The van der Waals surface area contributed by atoms with Crippen molar-refractivity contribution in [1.82, 2.24) is 19.4 Å². The minimum atomic E-state index is -1.37. The zero-order valence-corrected chi connectivity index (χ0v) is 36.3. The number of piperidine rings is 4. The van der Waals surface area contributed by atoms with E-state index in [1.165, 1.54) is 23.2 Å². The maximum Gasteiger partial charge on any atom is 0.281 e. The summed E-state index contributed by atoms with van der Waals surface area (Å²) in [6.07, 6.45) is 10.9. The van der Waals surface area contributed by atoms with Crippen molar-refractivity contribution in [3.8, 4) is 5.69 Å². The molecule has 0 N–H and O–H groups in total. The Hall–Kier alpha value is -4.07. The molecule has 10 rings (SSSR count). The topological polar surface area (TPSA) is 82.0 Å². The molecule has 0 radical (unpaired) electrons. The van der Waals surface area contributed by atoms with Gasteiger partial charge in [-0.1, -0.05) is 37.5 Å². The van der Waals surface area contributed by atoms with E-state index < -0.39 is 34.8 Å². The number of amides is 2. The van der Waals surface area contributed by atoms with Crippen molar-refractivity contribution in [2.75, 3.05) is 62.2 Å². The fraction of sp³-hybridized carbons (Fsp3) is 0.542. The minimum absolute atomic E-state index is 0.0736. The fourth-order valence-electron chi connectivity index (χ4n) is 11.8. The fourth-order valence-corrected chi connectivity index (χ4v) is 12.3. The van der Waals surface area contributed by atoms with E-state index in [1.807, 2.05) is 12.1 Å². The third-order valence-corrected chi connectivity index (χ3v) is 15.8. The SMILES string of the molecule is O=C1CCCC(=O)N1c1c(F)cc(N2CCC(F)(CN3CCC(CN4CCC(c5ccc6c(c5)-n5c(nc(=O)c7c(Br)cccc75)C65CCCCC5)CC4)CC3)CC2)cc1F. The Kier molecular flexibility index (Phi) is 10.9. The molecule has 0 unspecified atom stereocenters. The number of benzene rings is 3. The molecule has 6 heterocycles. The van der Waals surface area contributed by atoms with Gasteiger partial charge < -0.3 is 14.7 Å². The Morgan fingerprint density at radius 3 is 2.11 bits per heavy atom. The summed E-state index contributed by atoms with van der Waals surface area (Å²) < 4.78 is 49.8. The summed E-state index contributed by atoms with van der Waals surface area (Å²) in [5, 5.41) is 0.644. The quantitative estimate of drug-likeness (QED) is 0.172. The van der Waals surface area contributed by atoms with Crippen molar-refractivity contribution in [2.45, 2.75) is 107 Å². The van der Waals surface area contributed by atoms with E-state index in [0.29, 0.717) is 53.9 Å².